The molecule has 0 aliphatic carbocycles. The van der Waals surface area contributed by atoms with Crippen LogP contribution < -0.4 is 39.9 Å². The van der Waals surface area contributed by atoms with Gasteiger partial charge in [-0.2, -0.15) is 0 Å². The van der Waals surface area contributed by atoms with Crippen molar-refractivity contribution in [3.63, 3.8) is 0 Å². The molecule has 0 radical (unpaired) electrons. The van der Waals surface area contributed by atoms with Crippen LogP contribution in [-0.2, 0) is 0 Å². The van der Waals surface area contributed by atoms with Crippen molar-refractivity contribution in [3.05, 3.63) is 88.0 Å². The van der Waals surface area contributed by atoms with Crippen molar-refractivity contribution in [1.29, 1.82) is 0 Å². The third-order valence-electron chi connectivity index (χ3n) is 6.44. The lowest BCUT2D eigenvalue weighted by Crippen LogP contribution is -3.00. The molecular weight excluding hydrogens is 470 g/mol. The van der Waals surface area contributed by atoms with Crippen molar-refractivity contribution < 1.29 is 24.0 Å². The molecule has 0 saturated heterocycles. The fourth-order valence-corrected chi connectivity index (χ4v) is 9.42. The molecule has 0 fully saturated rings. The van der Waals surface area contributed by atoms with Gasteiger partial charge in [-0.1, -0.05) is 36.4 Å². The monoisotopic (exact) mass is 502 g/mol. The van der Waals surface area contributed by atoms with Crippen LogP contribution in [0.1, 0.15) is 40.3 Å². The average molecular weight is 502 g/mol. The molecule has 0 spiro atoms. The molecule has 3 aromatic rings. The first-order valence-corrected chi connectivity index (χ1v) is 11.9. The Morgan fingerprint density at radius 3 is 1.07 bits per heavy atom. The van der Waals surface area contributed by atoms with E-state index in [4.69, 9.17) is 0 Å². The topological polar surface area (TPSA) is 0 Å². The normalized spacial score (nSPS) is 11.2. The van der Waals surface area contributed by atoms with E-state index < -0.39 is 7.26 Å². The molecule has 3 rings (SSSR count). The molecule has 0 heterocycles. The van der Waals surface area contributed by atoms with Crippen molar-refractivity contribution >= 4 is 23.2 Å². The Morgan fingerprint density at radius 2 is 0.821 bits per heavy atom. The second-order valence-electron chi connectivity index (χ2n) is 7.78. The maximum Gasteiger partial charge on any atom is 0.112 e. The first-order valence-electron chi connectivity index (χ1n) is 9.93. The van der Waals surface area contributed by atoms with Gasteiger partial charge in [0, 0.05) is 0 Å². The van der Waals surface area contributed by atoms with E-state index in [1.165, 1.54) is 33.4 Å². The van der Waals surface area contributed by atoms with E-state index in [1.807, 2.05) is 0 Å². The molecule has 0 atom stereocenters. The molecule has 2 heteroatoms. The summed E-state index contributed by atoms with van der Waals surface area (Å²) in [4.78, 5) is 0. The van der Waals surface area contributed by atoms with E-state index in [9.17, 15) is 0 Å². The minimum atomic E-state index is -1.73. The largest absolute Gasteiger partial charge is 1.00 e. The predicted octanol–water partition coefficient (Wildman–Crippen LogP) is 2.85. The molecule has 0 bridgehead atoms. The van der Waals surface area contributed by atoms with Crippen LogP contribution in [0.2, 0.25) is 0 Å². The molecule has 0 nitrogen and oxygen atoms in total. The van der Waals surface area contributed by atoms with Crippen LogP contribution >= 0.6 is 7.26 Å². The van der Waals surface area contributed by atoms with Crippen molar-refractivity contribution in [2.45, 2.75) is 48.5 Å². The summed E-state index contributed by atoms with van der Waals surface area (Å²) in [6.45, 7) is 16.1. The van der Waals surface area contributed by atoms with Gasteiger partial charge in [-0.15, -0.1) is 0 Å². The molecule has 28 heavy (non-hydrogen) atoms. The highest BCUT2D eigenvalue weighted by Gasteiger charge is 2.47. The van der Waals surface area contributed by atoms with Crippen LogP contribution in [0.25, 0.3) is 0 Å². The summed E-state index contributed by atoms with van der Waals surface area (Å²) in [7, 11) is -1.73. The van der Waals surface area contributed by atoms with E-state index in [1.54, 1.807) is 15.9 Å². The lowest BCUT2D eigenvalue weighted by molar-refractivity contribution is -0.00000578. The summed E-state index contributed by atoms with van der Waals surface area (Å²) in [6.07, 6.45) is 1.14. The smallest absolute Gasteiger partial charge is 0.112 e. The number of halogens is 1. The molecule has 0 aliphatic heterocycles. The first kappa shape index (κ1) is 23.1. The summed E-state index contributed by atoms with van der Waals surface area (Å²) in [5.74, 6) is 0. The van der Waals surface area contributed by atoms with Crippen molar-refractivity contribution in [2.75, 3.05) is 6.16 Å². The molecule has 148 valence electrons. The second-order valence-corrected chi connectivity index (χ2v) is 11.5. The third kappa shape index (κ3) is 3.68. The fourth-order valence-electron chi connectivity index (χ4n) is 4.35. The van der Waals surface area contributed by atoms with Gasteiger partial charge in [-0.25, -0.2) is 0 Å². The Balaban J connectivity index is 0.00000280. The summed E-state index contributed by atoms with van der Waals surface area (Å²) in [5.41, 5.74) is 8.53. The number of rotatable bonds is 4. The van der Waals surface area contributed by atoms with Gasteiger partial charge in [-0.05, 0) is 100 Å². The SMILES string of the molecule is CC[P+](c1cccc(C)c1C)(c1cccc(C)c1C)c1cccc(C)c1C.[I-]. The standard InChI is InChI=1S/C26H32P.HI/c1-8-27(24-15-9-12-18(2)21(24)5,25-16-10-13-19(3)22(25)6)26-17-11-14-20(4)23(26)7;/h9-17H,8H2,1-7H3;1H/q+1;/p-1. The quantitative estimate of drug-likeness (QED) is 0.381. The minimum absolute atomic E-state index is 0. The van der Waals surface area contributed by atoms with Gasteiger partial charge >= 0.3 is 0 Å². The Bertz CT molecular complexity index is 863. The maximum atomic E-state index is 2.39. The zero-order valence-electron chi connectivity index (χ0n) is 18.2. The zero-order valence-corrected chi connectivity index (χ0v) is 21.3. The zero-order chi connectivity index (χ0) is 19.8. The summed E-state index contributed by atoms with van der Waals surface area (Å²) < 4.78 is 0. The maximum absolute atomic E-state index is 2.39. The molecule has 0 unspecified atom stereocenters. The Kier molecular flexibility index (Phi) is 7.50. The van der Waals surface area contributed by atoms with E-state index in [0.717, 1.165) is 6.16 Å². The lowest BCUT2D eigenvalue weighted by atomic mass is 10.1. The number of benzene rings is 3. The molecule has 0 aromatic heterocycles. The van der Waals surface area contributed by atoms with E-state index >= 15 is 0 Å². The summed E-state index contributed by atoms with van der Waals surface area (Å²) >= 11 is 0. The minimum Gasteiger partial charge on any atom is -1.00 e. The van der Waals surface area contributed by atoms with Crippen molar-refractivity contribution in [1.82, 2.24) is 0 Å². The van der Waals surface area contributed by atoms with Crippen molar-refractivity contribution in [3.8, 4) is 0 Å². The number of hydrogen-bond donors (Lipinski definition) is 0. The highest BCUT2D eigenvalue weighted by atomic mass is 127. The van der Waals surface area contributed by atoms with Crippen LogP contribution in [-0.4, -0.2) is 6.16 Å². The molecule has 0 N–H and O–H groups in total. The average Bonchev–Trinajstić information content (AvgIpc) is 2.65. The van der Waals surface area contributed by atoms with Crippen LogP contribution in [0.5, 0.6) is 0 Å². The predicted molar refractivity (Wildman–Crippen MR) is 124 cm³/mol. The van der Waals surface area contributed by atoms with Crippen LogP contribution in [0.15, 0.2) is 54.6 Å². The lowest BCUT2D eigenvalue weighted by Gasteiger charge is -2.31. The van der Waals surface area contributed by atoms with Crippen molar-refractivity contribution in [2.24, 2.45) is 0 Å². The Morgan fingerprint density at radius 1 is 0.536 bits per heavy atom. The van der Waals surface area contributed by atoms with Gasteiger partial charge in [-0.3, -0.25) is 0 Å². The second kappa shape index (κ2) is 9.09. The Hall–Kier alpha value is -1.18. The molecule has 0 amide bonds. The summed E-state index contributed by atoms with van der Waals surface area (Å²) in [5, 5.41) is 4.65. The third-order valence-corrected chi connectivity index (χ3v) is 11.3. The van der Waals surface area contributed by atoms with Gasteiger partial charge in [0.2, 0.25) is 0 Å². The Labute approximate surface area is 189 Å². The van der Waals surface area contributed by atoms with Gasteiger partial charge in [0.25, 0.3) is 0 Å². The van der Waals surface area contributed by atoms with E-state index in [0.29, 0.717) is 0 Å². The van der Waals surface area contributed by atoms with Crippen LogP contribution in [0.3, 0.4) is 0 Å². The molecule has 3 aromatic carbocycles. The molecular formula is C26H32IP. The molecule has 0 aliphatic rings. The first-order chi connectivity index (χ1) is 12.8. The number of hydrogen-bond acceptors (Lipinski definition) is 0. The van der Waals surface area contributed by atoms with Gasteiger partial charge < -0.3 is 24.0 Å². The molecule has 0 saturated carbocycles. The van der Waals surface area contributed by atoms with Gasteiger partial charge in [0.15, 0.2) is 0 Å². The highest BCUT2D eigenvalue weighted by Crippen LogP contribution is 2.57. The van der Waals surface area contributed by atoms with Crippen LogP contribution in [0, 0.1) is 41.5 Å². The summed E-state index contributed by atoms with van der Waals surface area (Å²) in [6, 6.07) is 20.7. The van der Waals surface area contributed by atoms with Gasteiger partial charge in [0.05, 0.1) is 6.16 Å². The van der Waals surface area contributed by atoms with Crippen LogP contribution in [0.4, 0.5) is 0 Å². The highest BCUT2D eigenvalue weighted by molar-refractivity contribution is 7.95. The van der Waals surface area contributed by atoms with Gasteiger partial charge in [0.1, 0.15) is 23.2 Å². The van der Waals surface area contributed by atoms with E-state index in [-0.39, 0.29) is 24.0 Å². The number of aryl methyl sites for hydroxylation is 3. The fraction of sp³-hybridized carbons (Fsp3) is 0.308. The van der Waals surface area contributed by atoms with E-state index in [2.05, 4.69) is 103 Å².